The van der Waals surface area contributed by atoms with E-state index < -0.39 is 5.41 Å². The molecule has 0 aliphatic heterocycles. The SMILES string of the molecule is c1ccc(-n2c3ccccc3c3cc(N(c4ccc5oc6ccccc6c5c4)c4cccc5c4-c4ccccc4C54c5ccccc5-c5ccccc54)ccc32)cc1. The lowest BCUT2D eigenvalue weighted by molar-refractivity contribution is 0.669. The molecule has 0 radical (unpaired) electrons. The number of hydrogen-bond donors (Lipinski definition) is 0. The second-order valence-electron chi connectivity index (χ2n) is 15.6. The molecule has 0 saturated carbocycles. The van der Waals surface area contributed by atoms with Crippen molar-refractivity contribution in [2.45, 2.75) is 5.41 Å². The summed E-state index contributed by atoms with van der Waals surface area (Å²) in [4.78, 5) is 2.48. The third kappa shape index (κ3) is 4.07. The van der Waals surface area contributed by atoms with Gasteiger partial charge in [-0.1, -0.05) is 140 Å². The number of fused-ring (bicyclic) bond motifs is 16. The van der Waals surface area contributed by atoms with Crippen LogP contribution in [0.2, 0.25) is 0 Å². The summed E-state index contributed by atoms with van der Waals surface area (Å²) in [7, 11) is 0. The lowest BCUT2D eigenvalue weighted by Crippen LogP contribution is -2.26. The summed E-state index contributed by atoms with van der Waals surface area (Å²) in [5.74, 6) is 0. The Morgan fingerprint density at radius 1 is 0.379 bits per heavy atom. The highest BCUT2D eigenvalue weighted by molar-refractivity contribution is 6.12. The standard InChI is InChI=1S/C55H34N2O/c1-2-15-35(16-3-1)57-49-26-12-7-19-40(49)43-33-36(29-31-50(43)57)56(37-30-32-53-44(34-37)41-20-8-13-28-52(41)58-53)51-27-14-25-48-54(51)42-21-6-11-24-47(42)55(48)45-22-9-4-17-38(45)39-18-5-10-23-46(39)55/h1-34H. The predicted octanol–water partition coefficient (Wildman–Crippen LogP) is 14.5. The maximum atomic E-state index is 6.38. The van der Waals surface area contributed by atoms with Crippen molar-refractivity contribution in [3.63, 3.8) is 0 Å². The average molecular weight is 739 g/mol. The van der Waals surface area contributed by atoms with E-state index in [4.69, 9.17) is 4.42 Å². The van der Waals surface area contributed by atoms with E-state index >= 15 is 0 Å². The fraction of sp³-hybridized carbons (Fsp3) is 0.0182. The Bertz CT molecular complexity index is 3430. The van der Waals surface area contributed by atoms with Crippen molar-refractivity contribution in [2.24, 2.45) is 0 Å². The molecule has 58 heavy (non-hydrogen) atoms. The molecule has 9 aromatic carbocycles. The van der Waals surface area contributed by atoms with E-state index in [1.807, 2.05) is 6.07 Å². The van der Waals surface area contributed by atoms with Gasteiger partial charge in [-0.15, -0.1) is 0 Å². The fourth-order valence-electron chi connectivity index (χ4n) is 10.5. The minimum absolute atomic E-state index is 0.446. The third-order valence-corrected chi connectivity index (χ3v) is 12.8. The smallest absolute Gasteiger partial charge is 0.135 e. The quantitative estimate of drug-likeness (QED) is 0.179. The summed E-state index contributed by atoms with van der Waals surface area (Å²) in [6, 6.07) is 75.6. The summed E-state index contributed by atoms with van der Waals surface area (Å²) in [6.07, 6.45) is 0. The van der Waals surface area contributed by atoms with Crippen molar-refractivity contribution in [3.05, 3.63) is 229 Å². The molecule has 3 nitrogen and oxygen atoms in total. The highest BCUT2D eigenvalue weighted by Gasteiger charge is 2.52. The number of para-hydroxylation sites is 3. The summed E-state index contributed by atoms with van der Waals surface area (Å²) in [5, 5.41) is 4.64. The first-order valence-corrected chi connectivity index (χ1v) is 20.0. The molecule has 0 atom stereocenters. The molecular weight excluding hydrogens is 705 g/mol. The van der Waals surface area contributed by atoms with Crippen LogP contribution < -0.4 is 4.90 Å². The first-order valence-electron chi connectivity index (χ1n) is 20.0. The Labute approximate surface area is 335 Å². The van der Waals surface area contributed by atoms with Gasteiger partial charge in [0.25, 0.3) is 0 Å². The number of furan rings is 1. The number of aromatic nitrogens is 1. The van der Waals surface area contributed by atoms with Gasteiger partial charge in [-0.05, 0) is 106 Å². The summed E-state index contributed by atoms with van der Waals surface area (Å²) >= 11 is 0. The molecule has 3 heteroatoms. The molecule has 0 bridgehead atoms. The second kappa shape index (κ2) is 11.7. The van der Waals surface area contributed by atoms with Crippen molar-refractivity contribution in [1.29, 1.82) is 0 Å². The Morgan fingerprint density at radius 3 is 1.71 bits per heavy atom. The van der Waals surface area contributed by atoms with E-state index in [0.717, 1.165) is 44.7 Å². The summed E-state index contributed by atoms with van der Waals surface area (Å²) < 4.78 is 8.76. The normalized spacial score (nSPS) is 13.3. The van der Waals surface area contributed by atoms with Crippen LogP contribution in [-0.2, 0) is 5.41 Å². The van der Waals surface area contributed by atoms with E-state index in [1.54, 1.807) is 0 Å². The van der Waals surface area contributed by atoms with Crippen LogP contribution in [0.3, 0.4) is 0 Å². The lowest BCUT2D eigenvalue weighted by Gasteiger charge is -2.32. The van der Waals surface area contributed by atoms with Crippen LogP contribution >= 0.6 is 0 Å². The lowest BCUT2D eigenvalue weighted by atomic mass is 9.70. The van der Waals surface area contributed by atoms with Gasteiger partial charge in [0.15, 0.2) is 0 Å². The minimum atomic E-state index is -0.446. The van der Waals surface area contributed by atoms with Gasteiger partial charge in [0.1, 0.15) is 11.2 Å². The molecule has 2 aliphatic rings. The largest absolute Gasteiger partial charge is 0.456 e. The Morgan fingerprint density at radius 2 is 0.931 bits per heavy atom. The minimum Gasteiger partial charge on any atom is -0.456 e. The zero-order chi connectivity index (χ0) is 38.0. The second-order valence-corrected chi connectivity index (χ2v) is 15.6. The highest BCUT2D eigenvalue weighted by Crippen LogP contribution is 2.64. The monoisotopic (exact) mass is 738 g/mol. The average Bonchev–Trinajstić information content (AvgIpc) is 4.01. The van der Waals surface area contributed by atoms with Gasteiger partial charge in [0, 0.05) is 44.2 Å². The zero-order valence-corrected chi connectivity index (χ0v) is 31.4. The van der Waals surface area contributed by atoms with Crippen molar-refractivity contribution < 1.29 is 4.42 Å². The van der Waals surface area contributed by atoms with E-state index in [-0.39, 0.29) is 0 Å². The zero-order valence-electron chi connectivity index (χ0n) is 31.4. The highest BCUT2D eigenvalue weighted by atomic mass is 16.3. The van der Waals surface area contributed by atoms with Crippen LogP contribution in [0, 0.1) is 0 Å². The molecule has 0 unspecified atom stereocenters. The molecule has 0 fully saturated rings. The maximum absolute atomic E-state index is 6.38. The van der Waals surface area contributed by atoms with Gasteiger partial charge in [-0.3, -0.25) is 0 Å². The van der Waals surface area contributed by atoms with Gasteiger partial charge in [-0.25, -0.2) is 0 Å². The van der Waals surface area contributed by atoms with E-state index in [2.05, 4.69) is 210 Å². The van der Waals surface area contributed by atoms with Crippen LogP contribution in [0.4, 0.5) is 17.1 Å². The van der Waals surface area contributed by atoms with Crippen LogP contribution in [0.5, 0.6) is 0 Å². The number of benzene rings is 9. The number of nitrogens with zero attached hydrogens (tertiary/aromatic N) is 2. The molecule has 2 aliphatic carbocycles. The number of hydrogen-bond acceptors (Lipinski definition) is 2. The predicted molar refractivity (Wildman–Crippen MR) is 239 cm³/mol. The van der Waals surface area contributed by atoms with Gasteiger partial charge >= 0.3 is 0 Å². The van der Waals surface area contributed by atoms with Gasteiger partial charge in [0.05, 0.1) is 22.1 Å². The molecule has 0 N–H and O–H groups in total. The van der Waals surface area contributed by atoms with Crippen LogP contribution in [-0.4, -0.2) is 4.57 Å². The van der Waals surface area contributed by atoms with Crippen molar-refractivity contribution in [3.8, 4) is 27.9 Å². The van der Waals surface area contributed by atoms with E-state index in [0.29, 0.717) is 0 Å². The van der Waals surface area contributed by atoms with Crippen LogP contribution in [0.15, 0.2) is 211 Å². The molecule has 1 spiro atoms. The first kappa shape index (κ1) is 31.6. The van der Waals surface area contributed by atoms with E-state index in [9.17, 15) is 0 Å². The molecule has 0 saturated heterocycles. The molecule has 0 amide bonds. The molecule has 2 aromatic heterocycles. The molecule has 11 aromatic rings. The van der Waals surface area contributed by atoms with Gasteiger partial charge in [-0.2, -0.15) is 0 Å². The Hall–Kier alpha value is -7.62. The molecule has 2 heterocycles. The first-order chi connectivity index (χ1) is 28.8. The maximum Gasteiger partial charge on any atom is 0.135 e. The van der Waals surface area contributed by atoms with E-state index in [1.165, 1.54) is 66.3 Å². The number of anilines is 3. The summed E-state index contributed by atoms with van der Waals surface area (Å²) in [6.45, 7) is 0. The van der Waals surface area contributed by atoms with Crippen molar-refractivity contribution in [1.82, 2.24) is 4.57 Å². The topological polar surface area (TPSA) is 21.3 Å². The Kier molecular flexibility index (Phi) is 6.37. The van der Waals surface area contributed by atoms with Gasteiger partial charge in [0.2, 0.25) is 0 Å². The van der Waals surface area contributed by atoms with Crippen molar-refractivity contribution in [2.75, 3.05) is 4.90 Å². The van der Waals surface area contributed by atoms with Crippen molar-refractivity contribution >= 4 is 60.8 Å². The number of rotatable bonds is 4. The molecular formula is C55H34N2O. The molecule has 270 valence electrons. The van der Waals surface area contributed by atoms with Crippen LogP contribution in [0.1, 0.15) is 22.3 Å². The van der Waals surface area contributed by atoms with Crippen LogP contribution in [0.25, 0.3) is 71.7 Å². The fourth-order valence-corrected chi connectivity index (χ4v) is 10.5. The third-order valence-electron chi connectivity index (χ3n) is 12.8. The summed E-state index contributed by atoms with van der Waals surface area (Å²) in [5.41, 5.74) is 18.6. The van der Waals surface area contributed by atoms with Gasteiger partial charge < -0.3 is 13.9 Å². The molecule has 13 rings (SSSR count). The Balaban J connectivity index is 1.13.